The van der Waals surface area contributed by atoms with Gasteiger partial charge in [-0.15, -0.1) is 0 Å². The molecule has 0 aliphatic heterocycles. The predicted octanol–water partition coefficient (Wildman–Crippen LogP) is 4.16. The Balaban J connectivity index is 2.27. The van der Waals surface area contributed by atoms with Gasteiger partial charge in [-0.2, -0.15) is 0 Å². The standard InChI is InChI=1S/C14H15BrN2OS/c1-8-3-6-13(18-8)9(2)17-12-7-10(15)4-5-11(12)14(16)19/h3-7,9,17H,1-2H3,(H2,16,19). The first-order chi connectivity index (χ1) is 8.97. The van der Waals surface area contributed by atoms with Gasteiger partial charge >= 0.3 is 0 Å². The molecular formula is C14H15BrN2OS. The molecule has 0 saturated carbocycles. The number of hydrogen-bond acceptors (Lipinski definition) is 3. The number of anilines is 1. The second kappa shape index (κ2) is 5.75. The van der Waals surface area contributed by atoms with Gasteiger partial charge in [-0.1, -0.05) is 28.1 Å². The molecule has 1 aromatic carbocycles. The van der Waals surface area contributed by atoms with Crippen molar-refractivity contribution in [2.45, 2.75) is 19.9 Å². The van der Waals surface area contributed by atoms with Crippen LogP contribution in [-0.2, 0) is 0 Å². The molecule has 0 fully saturated rings. The highest BCUT2D eigenvalue weighted by molar-refractivity contribution is 9.10. The Hall–Kier alpha value is -1.33. The molecule has 0 aliphatic rings. The molecule has 3 N–H and O–H groups in total. The summed E-state index contributed by atoms with van der Waals surface area (Å²) in [6.45, 7) is 3.96. The summed E-state index contributed by atoms with van der Waals surface area (Å²) in [6, 6.07) is 9.72. The summed E-state index contributed by atoms with van der Waals surface area (Å²) < 4.78 is 6.58. The zero-order valence-electron chi connectivity index (χ0n) is 10.7. The van der Waals surface area contributed by atoms with Gasteiger partial charge in [0.05, 0.1) is 6.04 Å². The fourth-order valence-electron chi connectivity index (χ4n) is 1.84. The fraction of sp³-hybridized carbons (Fsp3) is 0.214. The summed E-state index contributed by atoms with van der Waals surface area (Å²) in [6.07, 6.45) is 0. The number of furan rings is 1. The van der Waals surface area contributed by atoms with Crippen molar-refractivity contribution in [1.29, 1.82) is 0 Å². The van der Waals surface area contributed by atoms with Gasteiger partial charge in [-0.05, 0) is 44.2 Å². The van der Waals surface area contributed by atoms with E-state index in [4.69, 9.17) is 22.4 Å². The van der Waals surface area contributed by atoms with E-state index in [2.05, 4.69) is 21.2 Å². The molecule has 2 aromatic rings. The lowest BCUT2D eigenvalue weighted by Crippen LogP contribution is -2.14. The Morgan fingerprint density at radius 1 is 1.37 bits per heavy atom. The van der Waals surface area contributed by atoms with E-state index in [-0.39, 0.29) is 6.04 Å². The van der Waals surface area contributed by atoms with E-state index in [0.29, 0.717) is 4.99 Å². The largest absolute Gasteiger partial charge is 0.464 e. The third kappa shape index (κ3) is 3.36. The first-order valence-corrected chi connectivity index (χ1v) is 7.09. The molecule has 0 spiro atoms. The zero-order valence-corrected chi connectivity index (χ0v) is 13.1. The molecule has 0 radical (unpaired) electrons. The zero-order chi connectivity index (χ0) is 14.0. The van der Waals surface area contributed by atoms with Crippen LogP contribution in [0.5, 0.6) is 0 Å². The maximum Gasteiger partial charge on any atom is 0.126 e. The SMILES string of the molecule is Cc1ccc(C(C)Nc2cc(Br)ccc2C(N)=S)o1. The molecule has 1 unspecified atom stereocenters. The highest BCUT2D eigenvalue weighted by Crippen LogP contribution is 2.26. The Kier molecular flexibility index (Phi) is 4.27. The van der Waals surface area contributed by atoms with Crippen LogP contribution in [-0.4, -0.2) is 4.99 Å². The first kappa shape index (κ1) is 14.1. The van der Waals surface area contributed by atoms with E-state index in [1.54, 1.807) is 0 Å². The molecule has 1 atom stereocenters. The van der Waals surface area contributed by atoms with Crippen molar-refractivity contribution in [3.8, 4) is 0 Å². The molecule has 19 heavy (non-hydrogen) atoms. The van der Waals surface area contributed by atoms with E-state index < -0.39 is 0 Å². The average Bonchev–Trinajstić information content (AvgIpc) is 2.75. The molecule has 100 valence electrons. The highest BCUT2D eigenvalue weighted by Gasteiger charge is 2.13. The van der Waals surface area contributed by atoms with Crippen molar-refractivity contribution in [3.05, 3.63) is 51.9 Å². The Bertz CT molecular complexity index is 609. The summed E-state index contributed by atoms with van der Waals surface area (Å²) in [5.41, 5.74) is 7.46. The third-order valence-corrected chi connectivity index (χ3v) is 3.52. The normalized spacial score (nSPS) is 12.2. The van der Waals surface area contributed by atoms with Crippen LogP contribution in [0.25, 0.3) is 0 Å². The number of thiocarbonyl (C=S) groups is 1. The summed E-state index contributed by atoms with van der Waals surface area (Å²) in [7, 11) is 0. The Labute approximate surface area is 126 Å². The van der Waals surface area contributed by atoms with E-state index in [0.717, 1.165) is 27.2 Å². The van der Waals surface area contributed by atoms with Gasteiger partial charge in [-0.25, -0.2) is 0 Å². The lowest BCUT2D eigenvalue weighted by Gasteiger charge is -2.16. The van der Waals surface area contributed by atoms with Crippen LogP contribution in [0.3, 0.4) is 0 Å². The van der Waals surface area contributed by atoms with Crippen molar-refractivity contribution < 1.29 is 4.42 Å². The summed E-state index contributed by atoms with van der Waals surface area (Å²) >= 11 is 8.51. The minimum atomic E-state index is 0.0381. The van der Waals surface area contributed by atoms with E-state index in [9.17, 15) is 0 Å². The summed E-state index contributed by atoms with van der Waals surface area (Å²) in [4.78, 5) is 0.373. The second-order valence-corrected chi connectivity index (χ2v) is 5.72. The minimum absolute atomic E-state index is 0.0381. The topological polar surface area (TPSA) is 51.2 Å². The van der Waals surface area contributed by atoms with E-state index in [1.807, 2.05) is 44.2 Å². The van der Waals surface area contributed by atoms with Crippen LogP contribution in [0.1, 0.15) is 30.0 Å². The molecule has 5 heteroatoms. The monoisotopic (exact) mass is 338 g/mol. The number of halogens is 1. The van der Waals surface area contributed by atoms with Crippen molar-refractivity contribution in [3.63, 3.8) is 0 Å². The van der Waals surface area contributed by atoms with Crippen LogP contribution >= 0.6 is 28.1 Å². The predicted molar refractivity (Wildman–Crippen MR) is 85.5 cm³/mol. The van der Waals surface area contributed by atoms with E-state index in [1.165, 1.54) is 0 Å². The molecule has 0 bridgehead atoms. The molecule has 3 nitrogen and oxygen atoms in total. The maximum absolute atomic E-state index is 5.74. The number of nitrogens with two attached hydrogens (primary N) is 1. The van der Waals surface area contributed by atoms with Gasteiger partial charge in [0.25, 0.3) is 0 Å². The molecule has 1 aromatic heterocycles. The number of hydrogen-bond donors (Lipinski definition) is 2. The molecule has 0 aliphatic carbocycles. The van der Waals surface area contributed by atoms with Gasteiger partial charge < -0.3 is 15.5 Å². The average molecular weight is 339 g/mol. The van der Waals surface area contributed by atoms with Gasteiger partial charge in [0.1, 0.15) is 16.5 Å². The van der Waals surface area contributed by atoms with Crippen LogP contribution in [0.2, 0.25) is 0 Å². The molecule has 2 rings (SSSR count). The number of benzene rings is 1. The minimum Gasteiger partial charge on any atom is -0.464 e. The molecule has 0 amide bonds. The third-order valence-electron chi connectivity index (χ3n) is 2.81. The lowest BCUT2D eigenvalue weighted by atomic mass is 10.1. The molecule has 0 saturated heterocycles. The van der Waals surface area contributed by atoms with Crippen molar-refractivity contribution >= 4 is 38.8 Å². The quantitative estimate of drug-likeness (QED) is 0.822. The van der Waals surface area contributed by atoms with Crippen LogP contribution in [0.4, 0.5) is 5.69 Å². The number of nitrogens with one attached hydrogen (secondary N) is 1. The second-order valence-electron chi connectivity index (χ2n) is 4.37. The van der Waals surface area contributed by atoms with Crippen molar-refractivity contribution in [2.75, 3.05) is 5.32 Å². The summed E-state index contributed by atoms with van der Waals surface area (Å²) in [5.74, 6) is 1.78. The fourth-order valence-corrected chi connectivity index (χ4v) is 2.38. The van der Waals surface area contributed by atoms with Gasteiger partial charge in [-0.3, -0.25) is 0 Å². The highest BCUT2D eigenvalue weighted by atomic mass is 79.9. The Morgan fingerprint density at radius 3 is 2.68 bits per heavy atom. The first-order valence-electron chi connectivity index (χ1n) is 5.89. The van der Waals surface area contributed by atoms with Crippen LogP contribution < -0.4 is 11.1 Å². The molecular weight excluding hydrogens is 324 g/mol. The van der Waals surface area contributed by atoms with Crippen molar-refractivity contribution in [1.82, 2.24) is 0 Å². The van der Waals surface area contributed by atoms with Gasteiger partial charge in [0, 0.05) is 15.7 Å². The van der Waals surface area contributed by atoms with Gasteiger partial charge in [0.15, 0.2) is 0 Å². The van der Waals surface area contributed by atoms with Gasteiger partial charge in [0.2, 0.25) is 0 Å². The van der Waals surface area contributed by atoms with Crippen LogP contribution in [0.15, 0.2) is 39.2 Å². The number of rotatable bonds is 4. The van der Waals surface area contributed by atoms with E-state index >= 15 is 0 Å². The Morgan fingerprint density at radius 2 is 2.11 bits per heavy atom. The number of aryl methyl sites for hydroxylation is 1. The maximum atomic E-state index is 5.74. The van der Waals surface area contributed by atoms with Crippen LogP contribution in [0, 0.1) is 6.92 Å². The lowest BCUT2D eigenvalue weighted by molar-refractivity contribution is 0.467. The summed E-state index contributed by atoms with van der Waals surface area (Å²) in [5, 5.41) is 3.37. The van der Waals surface area contributed by atoms with Crippen molar-refractivity contribution in [2.24, 2.45) is 5.73 Å². The molecule has 1 heterocycles. The smallest absolute Gasteiger partial charge is 0.126 e.